The van der Waals surface area contributed by atoms with Gasteiger partial charge in [-0.2, -0.15) is 5.10 Å². The first kappa shape index (κ1) is 17.4. The number of benzene rings is 3. The van der Waals surface area contributed by atoms with Crippen molar-refractivity contribution in [3.05, 3.63) is 102 Å². The van der Waals surface area contributed by atoms with E-state index in [1.807, 2.05) is 67.6 Å². The third-order valence-corrected chi connectivity index (χ3v) is 3.88. The van der Waals surface area contributed by atoms with Crippen molar-refractivity contribution in [2.75, 3.05) is 0 Å². The molecule has 1 N–H and O–H groups in total. The number of nitrogens with one attached hydrogen (secondary N) is 1. The highest BCUT2D eigenvalue weighted by Crippen LogP contribution is 2.14. The molecule has 0 heterocycles. The Morgan fingerprint density at radius 2 is 1.46 bits per heavy atom. The number of hydrazone groups is 1. The molecule has 0 radical (unpaired) electrons. The standard InChI is InChI=1S/C22H20N2O2/c1-17(19-10-6-3-7-11-19)23-24-22(25)20-12-14-21(15-13-20)26-16-18-8-4-2-5-9-18/h2-15H,16H2,1H3,(H,24,25). The highest BCUT2D eigenvalue weighted by molar-refractivity contribution is 6.00. The number of amides is 1. The zero-order valence-corrected chi connectivity index (χ0v) is 14.6. The molecule has 0 fully saturated rings. The average molecular weight is 344 g/mol. The van der Waals surface area contributed by atoms with Crippen LogP contribution in [0.3, 0.4) is 0 Å². The van der Waals surface area contributed by atoms with Crippen molar-refractivity contribution < 1.29 is 9.53 Å². The quantitative estimate of drug-likeness (QED) is 0.531. The van der Waals surface area contributed by atoms with Gasteiger partial charge >= 0.3 is 0 Å². The van der Waals surface area contributed by atoms with Crippen molar-refractivity contribution in [3.8, 4) is 5.75 Å². The summed E-state index contributed by atoms with van der Waals surface area (Å²) >= 11 is 0. The summed E-state index contributed by atoms with van der Waals surface area (Å²) in [5.41, 5.74) is 5.93. The number of hydrogen-bond acceptors (Lipinski definition) is 3. The normalized spacial score (nSPS) is 11.0. The predicted molar refractivity (Wildman–Crippen MR) is 103 cm³/mol. The van der Waals surface area contributed by atoms with Gasteiger partial charge in [-0.1, -0.05) is 60.7 Å². The van der Waals surface area contributed by atoms with Crippen LogP contribution >= 0.6 is 0 Å². The lowest BCUT2D eigenvalue weighted by Crippen LogP contribution is -2.19. The van der Waals surface area contributed by atoms with Crippen LogP contribution in [0.2, 0.25) is 0 Å². The first-order chi connectivity index (χ1) is 12.7. The fourth-order valence-electron chi connectivity index (χ4n) is 2.39. The molecule has 0 bridgehead atoms. The van der Waals surface area contributed by atoms with Crippen LogP contribution in [0.4, 0.5) is 0 Å². The van der Waals surface area contributed by atoms with E-state index >= 15 is 0 Å². The van der Waals surface area contributed by atoms with Crippen molar-refractivity contribution in [1.82, 2.24) is 5.43 Å². The number of hydrogen-bond donors (Lipinski definition) is 1. The molecule has 0 spiro atoms. The fraction of sp³-hybridized carbons (Fsp3) is 0.0909. The molecule has 0 aromatic heterocycles. The van der Waals surface area contributed by atoms with Crippen LogP contribution in [0.25, 0.3) is 0 Å². The summed E-state index contributed by atoms with van der Waals surface area (Å²) in [7, 11) is 0. The third-order valence-electron chi connectivity index (χ3n) is 3.88. The van der Waals surface area contributed by atoms with Gasteiger partial charge in [-0.05, 0) is 42.3 Å². The van der Waals surface area contributed by atoms with E-state index < -0.39 is 0 Å². The van der Waals surface area contributed by atoms with Crippen LogP contribution in [-0.2, 0) is 6.61 Å². The van der Waals surface area contributed by atoms with Crippen molar-refractivity contribution in [2.24, 2.45) is 5.10 Å². The van der Waals surface area contributed by atoms with Crippen molar-refractivity contribution >= 4 is 11.6 Å². The van der Waals surface area contributed by atoms with Crippen LogP contribution in [0.5, 0.6) is 5.75 Å². The molecule has 0 unspecified atom stereocenters. The lowest BCUT2D eigenvalue weighted by Gasteiger charge is -2.07. The van der Waals surface area contributed by atoms with E-state index in [4.69, 9.17) is 4.74 Å². The topological polar surface area (TPSA) is 50.7 Å². The van der Waals surface area contributed by atoms with E-state index in [0.29, 0.717) is 12.2 Å². The SMILES string of the molecule is CC(=NNC(=O)c1ccc(OCc2ccccc2)cc1)c1ccccc1. The Morgan fingerprint density at radius 1 is 0.846 bits per heavy atom. The molecule has 0 aliphatic carbocycles. The Hall–Kier alpha value is -3.40. The van der Waals surface area contributed by atoms with Crippen LogP contribution in [-0.4, -0.2) is 11.6 Å². The van der Waals surface area contributed by atoms with E-state index in [1.54, 1.807) is 24.3 Å². The predicted octanol–water partition coefficient (Wildman–Crippen LogP) is 4.42. The average Bonchev–Trinajstić information content (AvgIpc) is 2.72. The maximum absolute atomic E-state index is 12.2. The largest absolute Gasteiger partial charge is 0.489 e. The summed E-state index contributed by atoms with van der Waals surface area (Å²) in [6.07, 6.45) is 0. The second kappa shape index (κ2) is 8.62. The van der Waals surface area contributed by atoms with E-state index in [0.717, 1.165) is 22.6 Å². The zero-order chi connectivity index (χ0) is 18.2. The Balaban J connectivity index is 1.57. The summed E-state index contributed by atoms with van der Waals surface area (Å²) in [5.74, 6) is 0.462. The fourth-order valence-corrected chi connectivity index (χ4v) is 2.39. The van der Waals surface area contributed by atoms with Crippen LogP contribution in [0.1, 0.15) is 28.4 Å². The summed E-state index contributed by atoms with van der Waals surface area (Å²) in [6, 6.07) is 26.7. The van der Waals surface area contributed by atoms with Crippen molar-refractivity contribution in [2.45, 2.75) is 13.5 Å². The molecule has 3 rings (SSSR count). The van der Waals surface area contributed by atoms with Gasteiger partial charge in [-0.25, -0.2) is 5.43 Å². The smallest absolute Gasteiger partial charge is 0.271 e. The minimum absolute atomic E-state index is 0.255. The first-order valence-electron chi connectivity index (χ1n) is 8.39. The second-order valence-electron chi connectivity index (χ2n) is 5.80. The molecule has 0 saturated carbocycles. The molecule has 3 aromatic rings. The molecule has 0 aliphatic heterocycles. The molecule has 3 aromatic carbocycles. The maximum Gasteiger partial charge on any atom is 0.271 e. The van der Waals surface area contributed by atoms with E-state index in [2.05, 4.69) is 10.5 Å². The Labute approximate surface area is 153 Å². The Morgan fingerprint density at radius 3 is 2.12 bits per heavy atom. The minimum Gasteiger partial charge on any atom is -0.489 e. The van der Waals surface area contributed by atoms with Crippen LogP contribution < -0.4 is 10.2 Å². The number of carbonyl (C=O) groups is 1. The maximum atomic E-state index is 12.2. The molecule has 4 heteroatoms. The first-order valence-corrected chi connectivity index (χ1v) is 8.39. The molecule has 0 atom stereocenters. The monoisotopic (exact) mass is 344 g/mol. The lowest BCUT2D eigenvalue weighted by molar-refractivity contribution is 0.0955. The molecule has 26 heavy (non-hydrogen) atoms. The van der Waals surface area contributed by atoms with Gasteiger partial charge in [0, 0.05) is 5.56 Å². The van der Waals surface area contributed by atoms with Gasteiger partial charge in [0.2, 0.25) is 0 Å². The summed E-state index contributed by atoms with van der Waals surface area (Å²) in [4.78, 5) is 12.2. The Bertz CT molecular complexity index is 873. The highest BCUT2D eigenvalue weighted by atomic mass is 16.5. The van der Waals surface area contributed by atoms with Gasteiger partial charge in [-0.15, -0.1) is 0 Å². The number of rotatable bonds is 6. The van der Waals surface area contributed by atoms with Gasteiger partial charge in [0.15, 0.2) is 0 Å². The van der Waals surface area contributed by atoms with Crippen molar-refractivity contribution in [3.63, 3.8) is 0 Å². The Kier molecular flexibility index (Phi) is 5.78. The highest BCUT2D eigenvalue weighted by Gasteiger charge is 2.05. The van der Waals surface area contributed by atoms with Crippen molar-refractivity contribution in [1.29, 1.82) is 0 Å². The molecule has 130 valence electrons. The molecular weight excluding hydrogens is 324 g/mol. The van der Waals surface area contributed by atoms with Crippen LogP contribution in [0.15, 0.2) is 90.0 Å². The summed E-state index contributed by atoms with van der Waals surface area (Å²) in [5, 5.41) is 4.15. The molecule has 1 amide bonds. The third kappa shape index (κ3) is 4.80. The van der Waals surface area contributed by atoms with Gasteiger partial charge in [-0.3, -0.25) is 4.79 Å². The van der Waals surface area contributed by atoms with Gasteiger partial charge in [0.1, 0.15) is 12.4 Å². The minimum atomic E-state index is -0.255. The molecule has 4 nitrogen and oxygen atoms in total. The van der Waals surface area contributed by atoms with Gasteiger partial charge in [0.25, 0.3) is 5.91 Å². The number of nitrogens with zero attached hydrogens (tertiary/aromatic N) is 1. The van der Waals surface area contributed by atoms with Crippen LogP contribution in [0, 0.1) is 0 Å². The number of carbonyl (C=O) groups excluding carboxylic acids is 1. The summed E-state index contributed by atoms with van der Waals surface area (Å²) < 4.78 is 5.72. The summed E-state index contributed by atoms with van der Waals surface area (Å²) in [6.45, 7) is 2.35. The molecule has 0 aliphatic rings. The lowest BCUT2D eigenvalue weighted by atomic mass is 10.1. The van der Waals surface area contributed by atoms with E-state index in [-0.39, 0.29) is 5.91 Å². The van der Waals surface area contributed by atoms with Gasteiger partial charge < -0.3 is 4.74 Å². The zero-order valence-electron chi connectivity index (χ0n) is 14.6. The molecule has 0 saturated heterocycles. The van der Waals surface area contributed by atoms with E-state index in [9.17, 15) is 4.79 Å². The van der Waals surface area contributed by atoms with E-state index in [1.165, 1.54) is 0 Å². The number of ether oxygens (including phenoxy) is 1. The second-order valence-corrected chi connectivity index (χ2v) is 5.80. The van der Waals surface area contributed by atoms with Gasteiger partial charge in [0.05, 0.1) is 5.71 Å². The molecular formula is C22H20N2O2.